The molecule has 114 valence electrons. The second kappa shape index (κ2) is 9.00. The van der Waals surface area contributed by atoms with Gasteiger partial charge in [-0.05, 0) is 18.2 Å². The quantitative estimate of drug-likeness (QED) is 0.346. The Morgan fingerprint density at radius 1 is 1.38 bits per heavy atom. The van der Waals surface area contributed by atoms with Crippen molar-refractivity contribution in [2.75, 3.05) is 44.7 Å². The number of nitrogens with zero attached hydrogens (tertiary/aromatic N) is 3. The van der Waals surface area contributed by atoms with Crippen LogP contribution in [-0.4, -0.2) is 50.6 Å². The van der Waals surface area contributed by atoms with E-state index >= 15 is 0 Å². The summed E-state index contributed by atoms with van der Waals surface area (Å²) in [5.74, 6) is 3.44. The van der Waals surface area contributed by atoms with Gasteiger partial charge < -0.3 is 15.1 Å². The molecule has 1 aromatic rings. The Bertz CT molecular complexity index is 519. The number of aliphatic imine (C=N–C) groups is 1. The molecule has 1 aliphatic heterocycles. The smallest absolute Gasteiger partial charge is 0.194 e. The molecule has 2 rings (SSSR count). The summed E-state index contributed by atoms with van der Waals surface area (Å²) in [6.45, 7) is 4.21. The SMILES string of the molecule is C#CCNC(=NC)N1CCN(c2cccc(Cl)c2)CC1.I. The number of hydrogen-bond acceptors (Lipinski definition) is 2. The number of terminal acetylenes is 1. The Balaban J connectivity index is 0.00000220. The van der Waals surface area contributed by atoms with Gasteiger partial charge in [0.15, 0.2) is 5.96 Å². The summed E-state index contributed by atoms with van der Waals surface area (Å²) in [5.41, 5.74) is 1.17. The molecule has 0 unspecified atom stereocenters. The van der Waals surface area contributed by atoms with Crippen LogP contribution in [0.25, 0.3) is 0 Å². The molecule has 1 saturated heterocycles. The average Bonchev–Trinajstić information content (AvgIpc) is 2.49. The van der Waals surface area contributed by atoms with Crippen LogP contribution in [-0.2, 0) is 0 Å². The Hall–Kier alpha value is -1.13. The van der Waals surface area contributed by atoms with Crippen molar-refractivity contribution in [3.05, 3.63) is 29.3 Å². The number of guanidine groups is 1. The van der Waals surface area contributed by atoms with E-state index in [1.54, 1.807) is 7.05 Å². The van der Waals surface area contributed by atoms with Crippen molar-refractivity contribution < 1.29 is 0 Å². The highest BCUT2D eigenvalue weighted by Crippen LogP contribution is 2.20. The maximum absolute atomic E-state index is 6.04. The molecule has 1 aliphatic rings. The summed E-state index contributed by atoms with van der Waals surface area (Å²) in [4.78, 5) is 8.81. The highest BCUT2D eigenvalue weighted by atomic mass is 127. The van der Waals surface area contributed by atoms with Crippen LogP contribution in [0, 0.1) is 12.3 Å². The zero-order chi connectivity index (χ0) is 14.4. The van der Waals surface area contributed by atoms with Crippen LogP contribution in [0.4, 0.5) is 5.69 Å². The molecular formula is C15H20ClIN4. The summed E-state index contributed by atoms with van der Waals surface area (Å²) in [7, 11) is 1.78. The van der Waals surface area contributed by atoms with E-state index in [0.717, 1.165) is 37.2 Å². The molecule has 0 bridgehead atoms. The first-order chi connectivity index (χ1) is 9.74. The molecule has 0 saturated carbocycles. The lowest BCUT2D eigenvalue weighted by Crippen LogP contribution is -2.52. The van der Waals surface area contributed by atoms with Crippen LogP contribution in [0.3, 0.4) is 0 Å². The van der Waals surface area contributed by atoms with E-state index in [4.69, 9.17) is 18.0 Å². The molecule has 0 aromatic heterocycles. The summed E-state index contributed by atoms with van der Waals surface area (Å²) in [6, 6.07) is 7.97. The molecule has 0 spiro atoms. The first kappa shape index (κ1) is 17.9. The van der Waals surface area contributed by atoms with E-state index in [9.17, 15) is 0 Å². The number of piperazine rings is 1. The monoisotopic (exact) mass is 418 g/mol. The van der Waals surface area contributed by atoms with Gasteiger partial charge in [-0.15, -0.1) is 30.4 Å². The van der Waals surface area contributed by atoms with Crippen LogP contribution in [0.2, 0.25) is 5.02 Å². The zero-order valence-electron chi connectivity index (χ0n) is 12.1. The first-order valence-corrected chi connectivity index (χ1v) is 7.02. The highest BCUT2D eigenvalue weighted by molar-refractivity contribution is 14.0. The van der Waals surface area contributed by atoms with Crippen molar-refractivity contribution in [3.63, 3.8) is 0 Å². The molecule has 1 heterocycles. The molecule has 21 heavy (non-hydrogen) atoms. The lowest BCUT2D eigenvalue weighted by molar-refractivity contribution is 0.374. The summed E-state index contributed by atoms with van der Waals surface area (Å²) < 4.78 is 0. The number of hydrogen-bond donors (Lipinski definition) is 1. The number of anilines is 1. The van der Waals surface area contributed by atoms with E-state index in [1.807, 2.05) is 18.2 Å². The molecule has 0 amide bonds. The van der Waals surface area contributed by atoms with Crippen molar-refractivity contribution in [3.8, 4) is 12.3 Å². The van der Waals surface area contributed by atoms with Gasteiger partial charge in [0.2, 0.25) is 0 Å². The van der Waals surface area contributed by atoms with Gasteiger partial charge in [0.05, 0.1) is 6.54 Å². The molecule has 1 aromatic carbocycles. The van der Waals surface area contributed by atoms with Crippen LogP contribution >= 0.6 is 35.6 Å². The third-order valence-electron chi connectivity index (χ3n) is 3.31. The Morgan fingerprint density at radius 3 is 2.67 bits per heavy atom. The lowest BCUT2D eigenvalue weighted by Gasteiger charge is -2.37. The minimum atomic E-state index is 0. The van der Waals surface area contributed by atoms with Gasteiger partial charge in [-0.1, -0.05) is 23.6 Å². The van der Waals surface area contributed by atoms with Crippen LogP contribution < -0.4 is 10.2 Å². The number of halogens is 2. The number of benzene rings is 1. The summed E-state index contributed by atoms with van der Waals surface area (Å²) >= 11 is 6.04. The molecule has 1 N–H and O–H groups in total. The average molecular weight is 419 g/mol. The van der Waals surface area contributed by atoms with Gasteiger partial charge in [0.1, 0.15) is 0 Å². The number of nitrogens with one attached hydrogen (secondary N) is 1. The lowest BCUT2D eigenvalue weighted by atomic mass is 10.2. The first-order valence-electron chi connectivity index (χ1n) is 6.64. The highest BCUT2D eigenvalue weighted by Gasteiger charge is 2.19. The maximum atomic E-state index is 6.04. The molecule has 1 fully saturated rings. The molecule has 0 radical (unpaired) electrons. The second-order valence-electron chi connectivity index (χ2n) is 4.56. The Labute approximate surface area is 148 Å². The Morgan fingerprint density at radius 2 is 2.10 bits per heavy atom. The second-order valence-corrected chi connectivity index (χ2v) is 5.00. The predicted octanol–water partition coefficient (Wildman–Crippen LogP) is 2.29. The largest absolute Gasteiger partial charge is 0.368 e. The minimum Gasteiger partial charge on any atom is -0.368 e. The van der Waals surface area contributed by atoms with Gasteiger partial charge in [0.25, 0.3) is 0 Å². The zero-order valence-corrected chi connectivity index (χ0v) is 15.1. The van der Waals surface area contributed by atoms with Gasteiger partial charge in [-0.2, -0.15) is 0 Å². The summed E-state index contributed by atoms with van der Waals surface area (Å²) in [5, 5.41) is 3.93. The van der Waals surface area contributed by atoms with Crippen molar-refractivity contribution in [2.24, 2.45) is 4.99 Å². The van der Waals surface area contributed by atoms with Crippen LogP contribution in [0.15, 0.2) is 29.3 Å². The van der Waals surface area contributed by atoms with Crippen LogP contribution in [0.1, 0.15) is 0 Å². The maximum Gasteiger partial charge on any atom is 0.194 e. The van der Waals surface area contributed by atoms with Crippen molar-refractivity contribution in [1.82, 2.24) is 10.2 Å². The van der Waals surface area contributed by atoms with E-state index in [1.165, 1.54) is 5.69 Å². The summed E-state index contributed by atoms with van der Waals surface area (Å²) in [6.07, 6.45) is 5.27. The molecule has 6 heteroatoms. The molecule has 0 atom stereocenters. The normalized spacial score (nSPS) is 15.2. The van der Waals surface area contributed by atoms with Crippen molar-refractivity contribution in [1.29, 1.82) is 0 Å². The fraction of sp³-hybridized carbons (Fsp3) is 0.400. The van der Waals surface area contributed by atoms with E-state index in [2.05, 4.69) is 32.1 Å². The molecule has 0 aliphatic carbocycles. The molecular weight excluding hydrogens is 399 g/mol. The third kappa shape index (κ3) is 4.97. The van der Waals surface area contributed by atoms with Crippen LogP contribution in [0.5, 0.6) is 0 Å². The molecule has 4 nitrogen and oxygen atoms in total. The standard InChI is InChI=1S/C15H19ClN4.HI/c1-3-7-18-15(17-2)20-10-8-19(9-11-20)14-6-4-5-13(16)12-14;/h1,4-6,12H,7-11H2,2H3,(H,17,18);1H. The number of rotatable bonds is 2. The topological polar surface area (TPSA) is 30.9 Å². The van der Waals surface area contributed by atoms with Gasteiger partial charge in [-0.25, -0.2) is 0 Å². The fourth-order valence-corrected chi connectivity index (χ4v) is 2.50. The van der Waals surface area contributed by atoms with Gasteiger partial charge in [0, 0.05) is 43.9 Å². The van der Waals surface area contributed by atoms with Gasteiger partial charge in [-0.3, -0.25) is 4.99 Å². The predicted molar refractivity (Wildman–Crippen MR) is 101 cm³/mol. The Kier molecular flexibility index (Phi) is 7.68. The fourth-order valence-electron chi connectivity index (χ4n) is 2.31. The van der Waals surface area contributed by atoms with E-state index < -0.39 is 0 Å². The third-order valence-corrected chi connectivity index (χ3v) is 3.55. The van der Waals surface area contributed by atoms with E-state index in [-0.39, 0.29) is 24.0 Å². The van der Waals surface area contributed by atoms with Crippen molar-refractivity contribution >= 4 is 47.2 Å². The van der Waals surface area contributed by atoms with E-state index in [0.29, 0.717) is 6.54 Å². The van der Waals surface area contributed by atoms with Gasteiger partial charge >= 0.3 is 0 Å². The minimum absolute atomic E-state index is 0. The van der Waals surface area contributed by atoms with Crippen molar-refractivity contribution in [2.45, 2.75) is 0 Å².